The molecule has 2 N–H and O–H groups in total. The smallest absolute Gasteiger partial charge is 0.360 e. The molecule has 0 fully saturated rings. The summed E-state index contributed by atoms with van der Waals surface area (Å²) in [6.45, 7) is 4.06. The molecule has 1 heterocycles. The zero-order chi connectivity index (χ0) is 11.4. The van der Waals surface area contributed by atoms with Crippen molar-refractivity contribution >= 4 is 5.97 Å². The average Bonchev–Trinajstić information content (AvgIpc) is 2.75. The average molecular weight is 212 g/mol. The van der Waals surface area contributed by atoms with Crippen molar-refractivity contribution in [2.75, 3.05) is 7.11 Å². The summed E-state index contributed by atoms with van der Waals surface area (Å²) in [4.78, 5) is 11.1. The summed E-state index contributed by atoms with van der Waals surface area (Å²) in [5.41, 5.74) is 6.09. The van der Waals surface area contributed by atoms with Gasteiger partial charge in [0, 0.05) is 0 Å². The Labute approximate surface area is 88.4 Å². The maximum atomic E-state index is 11.1. The summed E-state index contributed by atoms with van der Waals surface area (Å²) in [5.74, 6) is -0.227. The highest BCUT2D eigenvalue weighted by molar-refractivity contribution is 5.86. The lowest BCUT2D eigenvalue weighted by Crippen LogP contribution is -2.25. The number of nitrogens with two attached hydrogens (primary N) is 1. The number of carbonyl (C=O) groups is 1. The molecule has 2 atom stereocenters. The van der Waals surface area contributed by atoms with Crippen molar-refractivity contribution in [2.24, 2.45) is 11.7 Å². The molecule has 0 amide bonds. The number of esters is 1. The normalized spacial score (nSPS) is 14.7. The van der Waals surface area contributed by atoms with Crippen molar-refractivity contribution in [1.82, 2.24) is 15.0 Å². The zero-order valence-electron chi connectivity index (χ0n) is 9.17. The van der Waals surface area contributed by atoms with Crippen LogP contribution in [0, 0.1) is 5.92 Å². The molecule has 6 nitrogen and oxygen atoms in total. The second-order valence-corrected chi connectivity index (χ2v) is 3.45. The van der Waals surface area contributed by atoms with E-state index in [0.717, 1.165) is 6.42 Å². The number of hydrogen-bond acceptors (Lipinski definition) is 5. The highest BCUT2D eigenvalue weighted by atomic mass is 16.5. The molecule has 1 rings (SSSR count). The minimum absolute atomic E-state index is 0.177. The van der Waals surface area contributed by atoms with Gasteiger partial charge in [0.15, 0.2) is 5.69 Å². The molecule has 0 aliphatic heterocycles. The topological polar surface area (TPSA) is 83.0 Å². The third kappa shape index (κ3) is 2.53. The van der Waals surface area contributed by atoms with Gasteiger partial charge in [0.2, 0.25) is 0 Å². The molecule has 0 aliphatic rings. The summed E-state index contributed by atoms with van der Waals surface area (Å²) >= 11 is 0. The number of nitrogens with zero attached hydrogens (tertiary/aromatic N) is 3. The maximum Gasteiger partial charge on any atom is 0.360 e. The molecule has 1 unspecified atom stereocenters. The van der Waals surface area contributed by atoms with Gasteiger partial charge >= 0.3 is 5.97 Å². The standard InChI is InChI=1S/C9H16N4O2/c1-4-6(2)8(10)13-5-7(11-12-13)9(14)15-3/h5-6,8H,4,10H2,1-3H3/t6?,8-/m1/s1. The molecule has 0 aromatic carbocycles. The number of rotatable bonds is 4. The first-order valence-corrected chi connectivity index (χ1v) is 4.85. The van der Waals surface area contributed by atoms with Crippen LogP contribution in [-0.2, 0) is 4.74 Å². The minimum Gasteiger partial charge on any atom is -0.464 e. The van der Waals surface area contributed by atoms with Gasteiger partial charge in [-0.2, -0.15) is 0 Å². The van der Waals surface area contributed by atoms with Crippen LogP contribution in [0.2, 0.25) is 0 Å². The summed E-state index contributed by atoms with van der Waals surface area (Å²) in [5, 5.41) is 7.48. The lowest BCUT2D eigenvalue weighted by molar-refractivity contribution is 0.0594. The second kappa shape index (κ2) is 4.88. The molecule has 6 heteroatoms. The van der Waals surface area contributed by atoms with Crippen molar-refractivity contribution in [3.8, 4) is 0 Å². The zero-order valence-corrected chi connectivity index (χ0v) is 9.17. The van der Waals surface area contributed by atoms with Gasteiger partial charge in [-0.1, -0.05) is 25.5 Å². The van der Waals surface area contributed by atoms with Crippen molar-refractivity contribution < 1.29 is 9.53 Å². The van der Waals surface area contributed by atoms with E-state index in [1.807, 2.05) is 13.8 Å². The van der Waals surface area contributed by atoms with Crippen molar-refractivity contribution in [1.29, 1.82) is 0 Å². The Bertz CT molecular complexity index is 337. The number of ether oxygens (including phenoxy) is 1. The summed E-state index contributed by atoms with van der Waals surface area (Å²) in [6, 6.07) is 0. The monoisotopic (exact) mass is 212 g/mol. The van der Waals surface area contributed by atoms with E-state index >= 15 is 0 Å². The molecule has 1 aromatic heterocycles. The van der Waals surface area contributed by atoms with Crippen LogP contribution >= 0.6 is 0 Å². The SMILES string of the molecule is CCC(C)[C@H](N)n1cc(C(=O)OC)nn1. The number of aromatic nitrogens is 3. The van der Waals surface area contributed by atoms with Crippen LogP contribution in [0.5, 0.6) is 0 Å². The molecule has 0 spiro atoms. The maximum absolute atomic E-state index is 11.1. The summed E-state index contributed by atoms with van der Waals surface area (Å²) in [6.07, 6.45) is 2.18. The molecular formula is C9H16N4O2. The van der Waals surface area contributed by atoms with Gasteiger partial charge in [-0.3, -0.25) is 0 Å². The van der Waals surface area contributed by atoms with Gasteiger partial charge < -0.3 is 10.5 Å². The molecule has 84 valence electrons. The van der Waals surface area contributed by atoms with Crippen LogP contribution in [0.4, 0.5) is 0 Å². The minimum atomic E-state index is -0.502. The van der Waals surface area contributed by atoms with Crippen LogP contribution in [0.15, 0.2) is 6.20 Å². The predicted octanol–water partition coefficient (Wildman–Crippen LogP) is 0.568. The van der Waals surface area contributed by atoms with E-state index in [1.54, 1.807) is 0 Å². The van der Waals surface area contributed by atoms with Gasteiger partial charge in [0.25, 0.3) is 0 Å². The molecule has 15 heavy (non-hydrogen) atoms. The number of hydrogen-bond donors (Lipinski definition) is 1. The lowest BCUT2D eigenvalue weighted by atomic mass is 10.1. The first-order valence-electron chi connectivity index (χ1n) is 4.85. The molecule has 0 aliphatic carbocycles. The fourth-order valence-corrected chi connectivity index (χ4v) is 1.12. The van der Waals surface area contributed by atoms with Gasteiger partial charge in [0.05, 0.1) is 13.3 Å². The Morgan fingerprint density at radius 2 is 2.40 bits per heavy atom. The van der Waals surface area contributed by atoms with Crippen molar-refractivity contribution in [2.45, 2.75) is 26.4 Å². The molecular weight excluding hydrogens is 196 g/mol. The Balaban J connectivity index is 2.79. The highest BCUT2D eigenvalue weighted by Crippen LogP contribution is 2.14. The van der Waals surface area contributed by atoms with Gasteiger partial charge in [0.1, 0.15) is 6.17 Å². The van der Waals surface area contributed by atoms with Crippen LogP contribution in [0.25, 0.3) is 0 Å². The van der Waals surface area contributed by atoms with Crippen LogP contribution in [-0.4, -0.2) is 28.1 Å². The van der Waals surface area contributed by atoms with E-state index in [4.69, 9.17) is 5.73 Å². The largest absolute Gasteiger partial charge is 0.464 e. The van der Waals surface area contributed by atoms with Crippen LogP contribution < -0.4 is 5.73 Å². The fourth-order valence-electron chi connectivity index (χ4n) is 1.12. The molecule has 0 saturated carbocycles. The van der Waals surface area contributed by atoms with E-state index in [2.05, 4.69) is 15.0 Å². The van der Waals surface area contributed by atoms with E-state index in [9.17, 15) is 4.79 Å². The Kier molecular flexibility index (Phi) is 3.79. The second-order valence-electron chi connectivity index (χ2n) is 3.45. The van der Waals surface area contributed by atoms with Crippen molar-refractivity contribution in [3.05, 3.63) is 11.9 Å². The van der Waals surface area contributed by atoms with Gasteiger partial charge in [-0.05, 0) is 5.92 Å². The van der Waals surface area contributed by atoms with Crippen molar-refractivity contribution in [3.63, 3.8) is 0 Å². The predicted molar refractivity (Wildman–Crippen MR) is 54.0 cm³/mol. The van der Waals surface area contributed by atoms with E-state index < -0.39 is 5.97 Å². The van der Waals surface area contributed by atoms with Crippen LogP contribution in [0.3, 0.4) is 0 Å². The third-order valence-electron chi connectivity index (χ3n) is 2.44. The first kappa shape index (κ1) is 11.6. The molecule has 0 bridgehead atoms. The van der Waals surface area contributed by atoms with E-state index in [-0.39, 0.29) is 17.8 Å². The number of carbonyl (C=O) groups excluding carboxylic acids is 1. The summed E-state index contributed by atoms with van der Waals surface area (Å²) < 4.78 is 6.01. The molecule has 0 radical (unpaired) electrons. The Morgan fingerprint density at radius 3 is 2.93 bits per heavy atom. The van der Waals surface area contributed by atoms with Crippen LogP contribution in [0.1, 0.15) is 36.9 Å². The fraction of sp³-hybridized carbons (Fsp3) is 0.667. The third-order valence-corrected chi connectivity index (χ3v) is 2.44. The highest BCUT2D eigenvalue weighted by Gasteiger charge is 2.17. The van der Waals surface area contributed by atoms with Gasteiger partial charge in [-0.15, -0.1) is 5.10 Å². The first-order chi connectivity index (χ1) is 7.10. The molecule has 0 saturated heterocycles. The number of methoxy groups -OCH3 is 1. The molecule has 1 aromatic rings. The van der Waals surface area contributed by atoms with E-state index in [0.29, 0.717) is 0 Å². The Hall–Kier alpha value is -1.43. The quantitative estimate of drug-likeness (QED) is 0.737. The summed E-state index contributed by atoms with van der Waals surface area (Å²) in [7, 11) is 1.30. The van der Waals surface area contributed by atoms with E-state index in [1.165, 1.54) is 18.0 Å². The lowest BCUT2D eigenvalue weighted by Gasteiger charge is -2.17. The Morgan fingerprint density at radius 1 is 1.73 bits per heavy atom. The van der Waals surface area contributed by atoms with Gasteiger partial charge in [-0.25, -0.2) is 9.48 Å².